The van der Waals surface area contributed by atoms with Crippen LogP contribution in [-0.2, 0) is 6.54 Å². The number of methoxy groups -OCH3 is 1. The van der Waals surface area contributed by atoms with Crippen molar-refractivity contribution in [2.45, 2.75) is 6.54 Å². The Balaban J connectivity index is 2.18. The molecule has 1 heterocycles. The van der Waals surface area contributed by atoms with E-state index in [9.17, 15) is 4.79 Å². The van der Waals surface area contributed by atoms with E-state index in [-0.39, 0.29) is 5.91 Å². The second-order valence-corrected chi connectivity index (χ2v) is 4.90. The third-order valence-corrected chi connectivity index (χ3v) is 3.35. The Morgan fingerprint density at radius 1 is 1.40 bits per heavy atom. The van der Waals surface area contributed by atoms with Crippen LogP contribution in [0.1, 0.15) is 16.1 Å². The summed E-state index contributed by atoms with van der Waals surface area (Å²) in [6, 6.07) is 8.66. The molecular formula is C14H14BrN3O2. The molecule has 20 heavy (non-hydrogen) atoms. The van der Waals surface area contributed by atoms with Crippen molar-refractivity contribution < 1.29 is 9.53 Å². The van der Waals surface area contributed by atoms with E-state index in [2.05, 4.69) is 26.2 Å². The fraction of sp³-hybridized carbons (Fsp3) is 0.143. The highest BCUT2D eigenvalue weighted by Gasteiger charge is 2.08. The Morgan fingerprint density at radius 2 is 2.20 bits per heavy atom. The molecule has 0 saturated heterocycles. The zero-order chi connectivity index (χ0) is 14.5. The summed E-state index contributed by atoms with van der Waals surface area (Å²) in [7, 11) is 1.57. The van der Waals surface area contributed by atoms with Crippen LogP contribution in [0.5, 0.6) is 5.75 Å². The molecule has 2 rings (SSSR count). The van der Waals surface area contributed by atoms with Crippen LogP contribution in [0.25, 0.3) is 0 Å². The molecule has 0 aliphatic carbocycles. The molecule has 0 atom stereocenters. The fourth-order valence-electron chi connectivity index (χ4n) is 1.67. The quantitative estimate of drug-likeness (QED) is 0.900. The number of amides is 1. The van der Waals surface area contributed by atoms with Gasteiger partial charge in [-0.1, -0.05) is 0 Å². The van der Waals surface area contributed by atoms with E-state index in [1.54, 1.807) is 37.6 Å². The number of carbonyl (C=O) groups is 1. The molecule has 0 bridgehead atoms. The number of nitrogens with two attached hydrogens (primary N) is 1. The predicted molar refractivity (Wildman–Crippen MR) is 80.8 cm³/mol. The number of nitrogens with one attached hydrogen (secondary N) is 1. The zero-order valence-corrected chi connectivity index (χ0v) is 12.5. The molecule has 0 unspecified atom stereocenters. The van der Waals surface area contributed by atoms with Crippen molar-refractivity contribution in [2.75, 3.05) is 12.4 Å². The van der Waals surface area contributed by atoms with E-state index in [0.29, 0.717) is 29.2 Å². The maximum absolute atomic E-state index is 12.1. The summed E-state index contributed by atoms with van der Waals surface area (Å²) in [5.41, 5.74) is 7.35. The average Bonchev–Trinajstić information content (AvgIpc) is 2.49. The molecule has 6 heteroatoms. The molecule has 0 saturated carbocycles. The molecule has 0 aliphatic rings. The second kappa shape index (κ2) is 6.49. The van der Waals surface area contributed by atoms with E-state index in [1.807, 2.05) is 6.07 Å². The highest BCUT2D eigenvalue weighted by atomic mass is 79.9. The summed E-state index contributed by atoms with van der Waals surface area (Å²) in [6.07, 6.45) is 1.57. The van der Waals surface area contributed by atoms with E-state index >= 15 is 0 Å². The SMILES string of the molecule is COc1cc(NC(=O)c2ccnc(CN)c2)ccc1Br. The topological polar surface area (TPSA) is 77.2 Å². The van der Waals surface area contributed by atoms with Crippen molar-refractivity contribution in [3.63, 3.8) is 0 Å². The lowest BCUT2D eigenvalue weighted by Gasteiger charge is -2.09. The number of rotatable bonds is 4. The second-order valence-electron chi connectivity index (χ2n) is 4.04. The van der Waals surface area contributed by atoms with Crippen molar-refractivity contribution in [1.29, 1.82) is 0 Å². The van der Waals surface area contributed by atoms with Gasteiger partial charge >= 0.3 is 0 Å². The van der Waals surface area contributed by atoms with E-state index in [1.165, 1.54) is 0 Å². The number of anilines is 1. The molecule has 0 radical (unpaired) electrons. The lowest BCUT2D eigenvalue weighted by molar-refractivity contribution is 0.102. The third kappa shape index (κ3) is 3.34. The third-order valence-electron chi connectivity index (χ3n) is 2.70. The summed E-state index contributed by atoms with van der Waals surface area (Å²) in [6.45, 7) is 0.299. The number of nitrogens with zero attached hydrogens (tertiary/aromatic N) is 1. The molecule has 1 amide bonds. The molecule has 104 valence electrons. The number of hydrogen-bond acceptors (Lipinski definition) is 4. The van der Waals surface area contributed by atoms with Gasteiger partial charge in [-0.05, 0) is 40.2 Å². The Hall–Kier alpha value is -1.92. The number of pyridine rings is 1. The van der Waals surface area contributed by atoms with Gasteiger partial charge in [-0.15, -0.1) is 0 Å². The predicted octanol–water partition coefficient (Wildman–Crippen LogP) is 2.56. The minimum atomic E-state index is -0.216. The Bertz CT molecular complexity index is 632. The van der Waals surface area contributed by atoms with Crippen LogP contribution in [-0.4, -0.2) is 18.0 Å². The summed E-state index contributed by atoms with van der Waals surface area (Å²) >= 11 is 3.36. The molecule has 0 fully saturated rings. The summed E-state index contributed by atoms with van der Waals surface area (Å²) in [4.78, 5) is 16.2. The molecular weight excluding hydrogens is 322 g/mol. The van der Waals surface area contributed by atoms with Gasteiger partial charge in [0, 0.05) is 30.1 Å². The van der Waals surface area contributed by atoms with Crippen molar-refractivity contribution >= 4 is 27.5 Å². The van der Waals surface area contributed by atoms with Gasteiger partial charge in [0.1, 0.15) is 5.75 Å². The number of carbonyl (C=O) groups excluding carboxylic acids is 1. The van der Waals surface area contributed by atoms with E-state index in [0.717, 1.165) is 4.47 Å². The molecule has 5 nitrogen and oxygen atoms in total. The molecule has 0 aliphatic heterocycles. The smallest absolute Gasteiger partial charge is 0.255 e. The number of benzene rings is 1. The van der Waals surface area contributed by atoms with Crippen LogP contribution in [0, 0.1) is 0 Å². The van der Waals surface area contributed by atoms with E-state index < -0.39 is 0 Å². The average molecular weight is 336 g/mol. The molecule has 1 aromatic carbocycles. The largest absolute Gasteiger partial charge is 0.495 e. The van der Waals surface area contributed by atoms with Gasteiger partial charge in [-0.3, -0.25) is 9.78 Å². The highest BCUT2D eigenvalue weighted by Crippen LogP contribution is 2.28. The molecule has 2 aromatic rings. The van der Waals surface area contributed by atoms with Crippen molar-refractivity contribution in [3.05, 3.63) is 52.3 Å². The van der Waals surface area contributed by atoms with Crippen molar-refractivity contribution in [3.8, 4) is 5.75 Å². The van der Waals surface area contributed by atoms with Gasteiger partial charge in [0.2, 0.25) is 0 Å². The van der Waals surface area contributed by atoms with Gasteiger partial charge in [0.15, 0.2) is 0 Å². The number of aromatic nitrogens is 1. The Kier molecular flexibility index (Phi) is 4.70. The Labute approximate surface area is 125 Å². The summed E-state index contributed by atoms with van der Waals surface area (Å²) in [5.74, 6) is 0.437. The number of ether oxygens (including phenoxy) is 1. The van der Waals surface area contributed by atoms with Gasteiger partial charge in [-0.2, -0.15) is 0 Å². The summed E-state index contributed by atoms with van der Waals surface area (Å²) < 4.78 is 6.01. The van der Waals surface area contributed by atoms with Crippen LogP contribution in [0.2, 0.25) is 0 Å². The fourth-order valence-corrected chi connectivity index (χ4v) is 2.08. The first-order chi connectivity index (χ1) is 9.63. The number of hydrogen-bond donors (Lipinski definition) is 2. The standard InChI is InChI=1S/C14H14BrN3O2/c1-20-13-7-10(2-3-12(13)15)18-14(19)9-4-5-17-11(6-9)8-16/h2-7H,8,16H2,1H3,(H,18,19). The van der Waals surface area contributed by atoms with Crippen LogP contribution in [0.15, 0.2) is 41.0 Å². The van der Waals surface area contributed by atoms with Crippen molar-refractivity contribution in [2.24, 2.45) is 5.73 Å². The normalized spacial score (nSPS) is 10.2. The van der Waals surface area contributed by atoms with Gasteiger partial charge in [0.25, 0.3) is 5.91 Å². The van der Waals surface area contributed by atoms with Gasteiger partial charge in [-0.25, -0.2) is 0 Å². The number of halogens is 1. The van der Waals surface area contributed by atoms with Crippen molar-refractivity contribution in [1.82, 2.24) is 4.98 Å². The molecule has 1 aromatic heterocycles. The lowest BCUT2D eigenvalue weighted by Crippen LogP contribution is -2.13. The first-order valence-corrected chi connectivity index (χ1v) is 6.73. The van der Waals surface area contributed by atoms with Crippen LogP contribution in [0.4, 0.5) is 5.69 Å². The first kappa shape index (κ1) is 14.5. The Morgan fingerprint density at radius 3 is 2.90 bits per heavy atom. The minimum Gasteiger partial charge on any atom is -0.495 e. The maximum atomic E-state index is 12.1. The maximum Gasteiger partial charge on any atom is 0.255 e. The molecule has 3 N–H and O–H groups in total. The summed E-state index contributed by atoms with van der Waals surface area (Å²) in [5, 5.41) is 2.80. The van der Waals surface area contributed by atoms with Crippen LogP contribution in [0.3, 0.4) is 0 Å². The van der Waals surface area contributed by atoms with Crippen LogP contribution >= 0.6 is 15.9 Å². The minimum absolute atomic E-state index is 0.216. The van der Waals surface area contributed by atoms with Crippen LogP contribution < -0.4 is 15.8 Å². The van der Waals surface area contributed by atoms with Gasteiger partial charge < -0.3 is 15.8 Å². The zero-order valence-electron chi connectivity index (χ0n) is 10.9. The molecule has 0 spiro atoms. The highest BCUT2D eigenvalue weighted by molar-refractivity contribution is 9.10. The monoisotopic (exact) mass is 335 g/mol. The van der Waals surface area contributed by atoms with E-state index in [4.69, 9.17) is 10.5 Å². The van der Waals surface area contributed by atoms with Gasteiger partial charge in [0.05, 0.1) is 17.3 Å². The first-order valence-electron chi connectivity index (χ1n) is 5.94. The lowest BCUT2D eigenvalue weighted by atomic mass is 10.2.